The number of aromatic nitrogens is 2. The first kappa shape index (κ1) is 14.2. The number of nitrogens with one attached hydrogen (secondary N) is 1. The molecule has 2 unspecified atom stereocenters. The Morgan fingerprint density at radius 2 is 2.24 bits per heavy atom. The normalized spacial score (nSPS) is 14.8. The maximum Gasteiger partial charge on any atom is 0.0952 e. The Morgan fingerprint density at radius 3 is 2.88 bits per heavy atom. The quantitative estimate of drug-likeness (QED) is 0.707. The molecule has 0 aliphatic rings. The summed E-state index contributed by atoms with van der Waals surface area (Å²) in [6.07, 6.45) is 5.27. The number of nitrogens with zero attached hydrogens (tertiary/aromatic N) is 2. The van der Waals surface area contributed by atoms with Crippen LogP contribution in [0.15, 0.2) is 12.5 Å². The van der Waals surface area contributed by atoms with Crippen LogP contribution in [0.25, 0.3) is 0 Å². The van der Waals surface area contributed by atoms with E-state index in [0.29, 0.717) is 12.0 Å². The fourth-order valence-corrected chi connectivity index (χ4v) is 1.72. The molecule has 0 aliphatic heterocycles. The first-order valence-electron chi connectivity index (χ1n) is 6.41. The summed E-state index contributed by atoms with van der Waals surface area (Å²) >= 11 is 0. The van der Waals surface area contributed by atoms with Gasteiger partial charge in [0.2, 0.25) is 0 Å². The molecule has 0 radical (unpaired) electrons. The standard InChI is InChI=1S/C13H25N3O/c1-5-11(2)12(3)16-9-13(15-10-16)8-14-6-7-17-4/h9-12,14H,5-8H2,1-4H3. The van der Waals surface area contributed by atoms with Gasteiger partial charge in [-0.15, -0.1) is 0 Å². The van der Waals surface area contributed by atoms with E-state index in [2.05, 4.69) is 41.8 Å². The van der Waals surface area contributed by atoms with E-state index in [4.69, 9.17) is 4.74 Å². The van der Waals surface area contributed by atoms with Gasteiger partial charge in [-0.25, -0.2) is 4.98 Å². The van der Waals surface area contributed by atoms with Crippen molar-refractivity contribution in [3.63, 3.8) is 0 Å². The van der Waals surface area contributed by atoms with Crippen molar-refractivity contribution in [1.82, 2.24) is 14.9 Å². The van der Waals surface area contributed by atoms with Crippen LogP contribution in [0.3, 0.4) is 0 Å². The third-order valence-electron chi connectivity index (χ3n) is 3.38. The van der Waals surface area contributed by atoms with Crippen LogP contribution in [0.1, 0.15) is 38.9 Å². The SMILES string of the molecule is CCC(C)C(C)n1cnc(CNCCOC)c1. The second-order valence-electron chi connectivity index (χ2n) is 4.61. The van der Waals surface area contributed by atoms with E-state index in [-0.39, 0.29) is 0 Å². The lowest BCUT2D eigenvalue weighted by atomic mass is 10.0. The fraction of sp³-hybridized carbons (Fsp3) is 0.769. The van der Waals surface area contributed by atoms with Crippen LogP contribution in [-0.4, -0.2) is 29.8 Å². The minimum Gasteiger partial charge on any atom is -0.383 e. The number of hydrogen-bond donors (Lipinski definition) is 1. The van der Waals surface area contributed by atoms with Gasteiger partial charge in [-0.3, -0.25) is 0 Å². The lowest BCUT2D eigenvalue weighted by Crippen LogP contribution is -2.18. The zero-order valence-electron chi connectivity index (χ0n) is 11.4. The Labute approximate surface area is 104 Å². The monoisotopic (exact) mass is 239 g/mol. The lowest BCUT2D eigenvalue weighted by Gasteiger charge is -2.19. The van der Waals surface area contributed by atoms with Crippen molar-refractivity contribution >= 4 is 0 Å². The van der Waals surface area contributed by atoms with Crippen molar-refractivity contribution in [3.8, 4) is 0 Å². The maximum absolute atomic E-state index is 4.98. The van der Waals surface area contributed by atoms with Gasteiger partial charge >= 0.3 is 0 Å². The maximum atomic E-state index is 4.98. The van der Waals surface area contributed by atoms with Gasteiger partial charge in [-0.05, 0) is 12.8 Å². The summed E-state index contributed by atoms with van der Waals surface area (Å²) in [4.78, 5) is 4.41. The van der Waals surface area contributed by atoms with Crippen molar-refractivity contribution in [1.29, 1.82) is 0 Å². The van der Waals surface area contributed by atoms with Gasteiger partial charge in [0.15, 0.2) is 0 Å². The molecule has 4 heteroatoms. The topological polar surface area (TPSA) is 39.1 Å². The predicted octanol–water partition coefficient (Wildman–Crippen LogP) is 2.23. The van der Waals surface area contributed by atoms with E-state index >= 15 is 0 Å². The molecular formula is C13H25N3O. The highest BCUT2D eigenvalue weighted by Gasteiger charge is 2.12. The summed E-state index contributed by atoms with van der Waals surface area (Å²) in [6, 6.07) is 0.514. The minimum atomic E-state index is 0.514. The highest BCUT2D eigenvalue weighted by Crippen LogP contribution is 2.20. The van der Waals surface area contributed by atoms with E-state index in [1.165, 1.54) is 6.42 Å². The fourth-order valence-electron chi connectivity index (χ4n) is 1.72. The molecule has 0 aliphatic carbocycles. The van der Waals surface area contributed by atoms with E-state index < -0.39 is 0 Å². The molecule has 17 heavy (non-hydrogen) atoms. The van der Waals surface area contributed by atoms with Crippen LogP contribution in [0.4, 0.5) is 0 Å². The first-order valence-corrected chi connectivity index (χ1v) is 6.41. The molecule has 1 rings (SSSR count). The van der Waals surface area contributed by atoms with Crippen molar-refractivity contribution in [2.24, 2.45) is 5.92 Å². The summed E-state index contributed by atoms with van der Waals surface area (Å²) in [5.41, 5.74) is 1.09. The second kappa shape index (κ2) is 7.45. The van der Waals surface area contributed by atoms with Crippen LogP contribution in [-0.2, 0) is 11.3 Å². The van der Waals surface area contributed by atoms with Crippen LogP contribution in [0, 0.1) is 5.92 Å². The van der Waals surface area contributed by atoms with Crippen LogP contribution in [0.5, 0.6) is 0 Å². The number of methoxy groups -OCH3 is 1. The van der Waals surface area contributed by atoms with Gasteiger partial charge in [0.25, 0.3) is 0 Å². The van der Waals surface area contributed by atoms with E-state index in [1.54, 1.807) is 7.11 Å². The minimum absolute atomic E-state index is 0.514. The highest BCUT2D eigenvalue weighted by atomic mass is 16.5. The molecule has 1 heterocycles. The molecule has 98 valence electrons. The Morgan fingerprint density at radius 1 is 1.47 bits per heavy atom. The van der Waals surface area contributed by atoms with Gasteiger partial charge in [0.1, 0.15) is 0 Å². The average molecular weight is 239 g/mol. The number of hydrogen-bond acceptors (Lipinski definition) is 3. The third-order valence-corrected chi connectivity index (χ3v) is 3.38. The average Bonchev–Trinajstić information content (AvgIpc) is 2.81. The Kier molecular flexibility index (Phi) is 6.22. The highest BCUT2D eigenvalue weighted by molar-refractivity contribution is 4.97. The number of imidazole rings is 1. The number of rotatable bonds is 8. The molecule has 1 aromatic heterocycles. The smallest absolute Gasteiger partial charge is 0.0952 e. The van der Waals surface area contributed by atoms with Gasteiger partial charge in [0, 0.05) is 32.4 Å². The van der Waals surface area contributed by atoms with E-state index in [1.807, 2.05) is 6.33 Å². The summed E-state index contributed by atoms with van der Waals surface area (Å²) in [7, 11) is 1.71. The zero-order chi connectivity index (χ0) is 12.7. The van der Waals surface area contributed by atoms with Crippen molar-refractivity contribution in [2.75, 3.05) is 20.3 Å². The van der Waals surface area contributed by atoms with Gasteiger partial charge < -0.3 is 14.6 Å². The lowest BCUT2D eigenvalue weighted by molar-refractivity contribution is 0.199. The third kappa shape index (κ3) is 4.48. The summed E-state index contributed by atoms with van der Waals surface area (Å²) in [5.74, 6) is 0.679. The molecule has 0 bridgehead atoms. The van der Waals surface area contributed by atoms with Crippen LogP contribution < -0.4 is 5.32 Å². The second-order valence-corrected chi connectivity index (χ2v) is 4.61. The molecule has 0 spiro atoms. The summed E-state index contributed by atoms with van der Waals surface area (Å²) in [6.45, 7) is 9.17. The van der Waals surface area contributed by atoms with Crippen molar-refractivity contribution < 1.29 is 4.74 Å². The largest absolute Gasteiger partial charge is 0.383 e. The Balaban J connectivity index is 2.42. The molecule has 0 aromatic carbocycles. The molecule has 1 N–H and O–H groups in total. The summed E-state index contributed by atoms with van der Waals surface area (Å²) < 4.78 is 7.19. The predicted molar refractivity (Wildman–Crippen MR) is 70.0 cm³/mol. The first-order chi connectivity index (χ1) is 8.19. The van der Waals surface area contributed by atoms with Crippen LogP contribution >= 0.6 is 0 Å². The molecular weight excluding hydrogens is 214 g/mol. The molecule has 0 saturated heterocycles. The zero-order valence-corrected chi connectivity index (χ0v) is 11.4. The van der Waals surface area contributed by atoms with E-state index in [9.17, 15) is 0 Å². The van der Waals surface area contributed by atoms with Crippen molar-refractivity contribution in [2.45, 2.75) is 39.8 Å². The van der Waals surface area contributed by atoms with E-state index in [0.717, 1.165) is 25.4 Å². The number of ether oxygens (including phenoxy) is 1. The van der Waals surface area contributed by atoms with Crippen LogP contribution in [0.2, 0.25) is 0 Å². The van der Waals surface area contributed by atoms with Crippen molar-refractivity contribution in [3.05, 3.63) is 18.2 Å². The molecule has 1 aromatic rings. The van der Waals surface area contributed by atoms with Gasteiger partial charge in [-0.2, -0.15) is 0 Å². The molecule has 0 amide bonds. The molecule has 0 fully saturated rings. The molecule has 0 saturated carbocycles. The Hall–Kier alpha value is -0.870. The molecule has 2 atom stereocenters. The Bertz CT molecular complexity index is 311. The summed E-state index contributed by atoms with van der Waals surface area (Å²) in [5, 5.41) is 3.30. The molecule has 4 nitrogen and oxygen atoms in total. The van der Waals surface area contributed by atoms with Gasteiger partial charge in [0.05, 0.1) is 18.6 Å². The van der Waals surface area contributed by atoms with Gasteiger partial charge in [-0.1, -0.05) is 20.3 Å².